The molecule has 1 fully saturated rings. The molecule has 1 unspecified atom stereocenters. The number of imidazole rings is 1. The second kappa shape index (κ2) is 4.31. The average Bonchev–Trinajstić information content (AvgIpc) is 2.89. The molecule has 106 valence electrons. The van der Waals surface area contributed by atoms with E-state index in [2.05, 4.69) is 4.98 Å². The van der Waals surface area contributed by atoms with Crippen molar-refractivity contribution in [1.82, 2.24) is 9.55 Å². The number of nitrogens with zero attached hydrogens (tertiary/aromatic N) is 2. The Kier molecular flexibility index (Phi) is 2.82. The lowest BCUT2D eigenvalue weighted by molar-refractivity contribution is 0.0697. The van der Waals surface area contributed by atoms with E-state index in [1.165, 1.54) is 12.1 Å². The number of aromatic nitrogens is 2. The number of aryl methyl sites for hydroxylation is 1. The van der Waals surface area contributed by atoms with E-state index in [0.717, 1.165) is 5.52 Å². The predicted octanol–water partition coefficient (Wildman–Crippen LogP) is 1.17. The summed E-state index contributed by atoms with van der Waals surface area (Å²) in [5, 5.41) is 8.99. The minimum atomic E-state index is -2.97. The molecule has 1 aliphatic heterocycles. The van der Waals surface area contributed by atoms with Crippen LogP contribution in [0, 0.1) is 0 Å². The second-order valence-corrected chi connectivity index (χ2v) is 7.37. The molecule has 7 heteroatoms. The van der Waals surface area contributed by atoms with Crippen LogP contribution in [0.5, 0.6) is 0 Å². The maximum absolute atomic E-state index is 11.6. The molecule has 1 aromatic heterocycles. The summed E-state index contributed by atoms with van der Waals surface area (Å²) >= 11 is 0. The van der Waals surface area contributed by atoms with E-state index < -0.39 is 15.8 Å². The fraction of sp³-hybridized carbons (Fsp3) is 0.385. The number of sulfone groups is 1. The molecule has 0 bridgehead atoms. The molecule has 0 aliphatic carbocycles. The highest BCUT2D eigenvalue weighted by molar-refractivity contribution is 7.91. The number of carbonyl (C=O) groups is 1. The fourth-order valence-corrected chi connectivity index (χ4v) is 4.45. The first-order valence-electron chi connectivity index (χ1n) is 6.27. The molecule has 0 radical (unpaired) electrons. The molecule has 2 aromatic rings. The molecule has 1 atom stereocenters. The van der Waals surface area contributed by atoms with Gasteiger partial charge in [0.15, 0.2) is 9.84 Å². The van der Waals surface area contributed by atoms with Gasteiger partial charge in [-0.05, 0) is 24.6 Å². The summed E-state index contributed by atoms with van der Waals surface area (Å²) in [5.41, 5.74) is 1.59. The van der Waals surface area contributed by atoms with E-state index in [1.807, 2.05) is 11.6 Å². The van der Waals surface area contributed by atoms with Gasteiger partial charge in [-0.2, -0.15) is 0 Å². The first kappa shape index (κ1) is 13.1. The fourth-order valence-electron chi connectivity index (χ4n) is 2.72. The number of aromatic carboxylic acids is 1. The zero-order chi connectivity index (χ0) is 14.5. The van der Waals surface area contributed by atoms with Gasteiger partial charge in [-0.3, -0.25) is 0 Å². The normalized spacial score (nSPS) is 21.4. The van der Waals surface area contributed by atoms with E-state index in [9.17, 15) is 13.2 Å². The molecule has 0 saturated carbocycles. The lowest BCUT2D eigenvalue weighted by Crippen LogP contribution is -2.08. The third-order valence-corrected chi connectivity index (χ3v) is 5.53. The van der Waals surface area contributed by atoms with Crippen LogP contribution in [0.2, 0.25) is 0 Å². The highest BCUT2D eigenvalue weighted by Gasteiger charge is 2.32. The monoisotopic (exact) mass is 294 g/mol. The van der Waals surface area contributed by atoms with Crippen LogP contribution >= 0.6 is 0 Å². The van der Waals surface area contributed by atoms with Gasteiger partial charge in [0.1, 0.15) is 5.82 Å². The molecule has 1 saturated heterocycles. The average molecular weight is 294 g/mol. The summed E-state index contributed by atoms with van der Waals surface area (Å²) in [6.07, 6.45) is 0.575. The second-order valence-electron chi connectivity index (χ2n) is 5.14. The Labute approximate surface area is 116 Å². The number of hydrogen-bond donors (Lipinski definition) is 1. The van der Waals surface area contributed by atoms with Crippen molar-refractivity contribution in [3.8, 4) is 0 Å². The number of hydrogen-bond acceptors (Lipinski definition) is 4. The number of carboxylic acids is 1. The van der Waals surface area contributed by atoms with Gasteiger partial charge in [0.25, 0.3) is 0 Å². The molecule has 3 rings (SSSR count). The molecular formula is C13H14N2O4S. The number of fused-ring (bicyclic) bond motifs is 1. The summed E-state index contributed by atoms with van der Waals surface area (Å²) in [6, 6.07) is 4.75. The Bertz CT molecular complexity index is 807. The Morgan fingerprint density at radius 3 is 2.80 bits per heavy atom. The summed E-state index contributed by atoms with van der Waals surface area (Å²) < 4.78 is 25.0. The number of carboxylic acid groups (broad SMARTS) is 1. The first-order valence-corrected chi connectivity index (χ1v) is 8.09. The molecule has 1 aromatic carbocycles. The van der Waals surface area contributed by atoms with Crippen LogP contribution in [0.1, 0.15) is 28.5 Å². The molecule has 1 aliphatic rings. The first-order chi connectivity index (χ1) is 9.37. The third kappa shape index (κ3) is 2.07. The Morgan fingerprint density at radius 1 is 1.45 bits per heavy atom. The topological polar surface area (TPSA) is 89.3 Å². The van der Waals surface area contributed by atoms with Crippen LogP contribution in [-0.4, -0.2) is 40.6 Å². The van der Waals surface area contributed by atoms with Crippen molar-refractivity contribution in [2.24, 2.45) is 7.05 Å². The van der Waals surface area contributed by atoms with Crippen molar-refractivity contribution in [3.63, 3.8) is 0 Å². The summed E-state index contributed by atoms with van der Waals surface area (Å²) in [7, 11) is -1.14. The van der Waals surface area contributed by atoms with Gasteiger partial charge < -0.3 is 9.67 Å². The van der Waals surface area contributed by atoms with E-state index in [1.54, 1.807) is 6.07 Å². The van der Waals surface area contributed by atoms with Gasteiger partial charge in [-0.25, -0.2) is 18.2 Å². The van der Waals surface area contributed by atoms with Crippen molar-refractivity contribution in [1.29, 1.82) is 0 Å². The molecular weight excluding hydrogens is 280 g/mol. The highest BCUT2D eigenvalue weighted by Crippen LogP contribution is 2.30. The van der Waals surface area contributed by atoms with Gasteiger partial charge in [-0.15, -0.1) is 0 Å². The minimum Gasteiger partial charge on any atom is -0.478 e. The van der Waals surface area contributed by atoms with Crippen LogP contribution in [0.25, 0.3) is 11.0 Å². The maximum Gasteiger partial charge on any atom is 0.335 e. The lowest BCUT2D eigenvalue weighted by Gasteiger charge is -2.07. The van der Waals surface area contributed by atoms with Gasteiger partial charge in [0, 0.05) is 13.0 Å². The quantitative estimate of drug-likeness (QED) is 0.898. The van der Waals surface area contributed by atoms with Crippen molar-refractivity contribution in [3.05, 3.63) is 29.6 Å². The Balaban J connectivity index is 2.09. The Morgan fingerprint density at radius 2 is 2.20 bits per heavy atom. The van der Waals surface area contributed by atoms with Gasteiger partial charge in [0.05, 0.1) is 28.1 Å². The molecule has 20 heavy (non-hydrogen) atoms. The Hall–Kier alpha value is -1.89. The molecule has 0 spiro atoms. The van der Waals surface area contributed by atoms with Gasteiger partial charge >= 0.3 is 5.97 Å². The SMILES string of the molecule is Cn1c(C2CCS(=O)(=O)C2)nc2cc(C(=O)O)ccc21. The zero-order valence-electron chi connectivity index (χ0n) is 10.9. The van der Waals surface area contributed by atoms with Crippen molar-refractivity contribution in [2.75, 3.05) is 11.5 Å². The van der Waals surface area contributed by atoms with E-state index in [-0.39, 0.29) is 23.0 Å². The summed E-state index contributed by atoms with van der Waals surface area (Å²) in [5.74, 6) is -0.0752. The number of rotatable bonds is 2. The van der Waals surface area contributed by atoms with Crippen LogP contribution in [-0.2, 0) is 16.9 Å². The third-order valence-electron chi connectivity index (χ3n) is 3.76. The van der Waals surface area contributed by atoms with E-state index in [4.69, 9.17) is 5.11 Å². The maximum atomic E-state index is 11.6. The van der Waals surface area contributed by atoms with Crippen molar-refractivity contribution in [2.45, 2.75) is 12.3 Å². The van der Waals surface area contributed by atoms with E-state index >= 15 is 0 Å². The van der Waals surface area contributed by atoms with Crippen molar-refractivity contribution < 1.29 is 18.3 Å². The zero-order valence-corrected chi connectivity index (χ0v) is 11.7. The number of benzene rings is 1. The molecule has 2 heterocycles. The van der Waals surface area contributed by atoms with Crippen LogP contribution in [0.15, 0.2) is 18.2 Å². The van der Waals surface area contributed by atoms with Crippen molar-refractivity contribution >= 4 is 26.8 Å². The smallest absolute Gasteiger partial charge is 0.335 e. The largest absolute Gasteiger partial charge is 0.478 e. The lowest BCUT2D eigenvalue weighted by atomic mass is 10.1. The highest BCUT2D eigenvalue weighted by atomic mass is 32.2. The standard InChI is InChI=1S/C13H14N2O4S/c1-15-11-3-2-8(13(16)17)6-10(11)14-12(15)9-4-5-20(18,19)7-9/h2-3,6,9H,4-5,7H2,1H3,(H,16,17). The summed E-state index contributed by atoms with van der Waals surface area (Å²) in [6.45, 7) is 0. The van der Waals surface area contributed by atoms with E-state index in [0.29, 0.717) is 17.8 Å². The summed E-state index contributed by atoms with van der Waals surface area (Å²) in [4.78, 5) is 15.4. The minimum absolute atomic E-state index is 0.106. The molecule has 6 nitrogen and oxygen atoms in total. The van der Waals surface area contributed by atoms with Gasteiger partial charge in [-0.1, -0.05) is 0 Å². The van der Waals surface area contributed by atoms with Crippen LogP contribution in [0.4, 0.5) is 0 Å². The predicted molar refractivity (Wildman–Crippen MR) is 73.7 cm³/mol. The van der Waals surface area contributed by atoms with Gasteiger partial charge in [0.2, 0.25) is 0 Å². The van der Waals surface area contributed by atoms with Crippen LogP contribution < -0.4 is 0 Å². The molecule has 0 amide bonds. The molecule has 1 N–H and O–H groups in total. The van der Waals surface area contributed by atoms with Crippen LogP contribution in [0.3, 0.4) is 0 Å².